The minimum absolute atomic E-state index is 0.0134. The van der Waals surface area contributed by atoms with Crippen molar-refractivity contribution in [3.8, 4) is 0 Å². The van der Waals surface area contributed by atoms with E-state index in [-0.39, 0.29) is 17.9 Å². The summed E-state index contributed by atoms with van der Waals surface area (Å²) in [4.78, 5) is 23.8. The number of rotatable bonds is 3. The standard InChI is InChI=1S/C16H21IO4/c1-20-16(19)15-9-2-3-10(15)14-11-5-8(13(9)14)4-7(11)6-12(18)21-17/h7-11,13-15H,2-6H2,1H3. The summed E-state index contributed by atoms with van der Waals surface area (Å²) < 4.78 is 9.89. The number of hydrogen-bond acceptors (Lipinski definition) is 4. The van der Waals surface area contributed by atoms with E-state index in [1.54, 1.807) is 23.0 Å². The van der Waals surface area contributed by atoms with Crippen LogP contribution in [0.15, 0.2) is 0 Å². The first kappa shape index (κ1) is 14.3. The highest BCUT2D eigenvalue weighted by Crippen LogP contribution is 2.71. The van der Waals surface area contributed by atoms with Crippen LogP contribution in [-0.2, 0) is 17.4 Å². The minimum atomic E-state index is -0.0858. The van der Waals surface area contributed by atoms with Gasteiger partial charge in [0, 0.05) is 6.42 Å². The average Bonchev–Trinajstić information content (AvgIpc) is 3.22. The molecule has 116 valence electrons. The van der Waals surface area contributed by atoms with E-state index in [0.29, 0.717) is 36.0 Å². The fourth-order valence-electron chi connectivity index (χ4n) is 6.72. The third kappa shape index (κ3) is 1.91. The van der Waals surface area contributed by atoms with Gasteiger partial charge in [0.2, 0.25) is 0 Å². The van der Waals surface area contributed by atoms with E-state index in [0.717, 1.165) is 18.3 Å². The third-order valence-corrected chi connectivity index (χ3v) is 7.49. The first-order valence-electron chi connectivity index (χ1n) is 8.05. The van der Waals surface area contributed by atoms with E-state index in [1.807, 2.05) is 0 Å². The van der Waals surface area contributed by atoms with Gasteiger partial charge in [0.15, 0.2) is 23.0 Å². The predicted molar refractivity (Wildman–Crippen MR) is 83.1 cm³/mol. The van der Waals surface area contributed by atoms with Gasteiger partial charge in [-0.25, -0.2) is 0 Å². The van der Waals surface area contributed by atoms with Gasteiger partial charge >= 0.3 is 11.9 Å². The Morgan fingerprint density at radius 1 is 1.10 bits per heavy atom. The van der Waals surface area contributed by atoms with Gasteiger partial charge in [0.05, 0.1) is 13.0 Å². The molecule has 4 nitrogen and oxygen atoms in total. The van der Waals surface area contributed by atoms with Crippen LogP contribution >= 0.6 is 23.0 Å². The second kappa shape index (κ2) is 5.10. The molecule has 0 radical (unpaired) electrons. The smallest absolute Gasteiger partial charge is 0.315 e. The Bertz CT molecular complexity index is 479. The maximum Gasteiger partial charge on any atom is 0.315 e. The quantitative estimate of drug-likeness (QED) is 0.412. The normalized spacial score (nSPS) is 49.2. The van der Waals surface area contributed by atoms with Crippen molar-refractivity contribution in [3.05, 3.63) is 0 Å². The third-order valence-electron chi connectivity index (χ3n) is 7.00. The Balaban J connectivity index is 1.55. The summed E-state index contributed by atoms with van der Waals surface area (Å²) >= 11 is 1.69. The molecular weight excluding hydrogens is 383 g/mol. The molecule has 4 aliphatic carbocycles. The lowest BCUT2D eigenvalue weighted by atomic mass is 9.67. The second-order valence-corrected chi connectivity index (χ2v) is 7.86. The Hall–Kier alpha value is -0.330. The Labute approximate surface area is 139 Å². The van der Waals surface area contributed by atoms with E-state index >= 15 is 0 Å². The van der Waals surface area contributed by atoms with Gasteiger partial charge in [-0.2, -0.15) is 0 Å². The molecule has 0 aromatic carbocycles. The van der Waals surface area contributed by atoms with E-state index in [4.69, 9.17) is 7.80 Å². The van der Waals surface area contributed by atoms with Gasteiger partial charge in [0.1, 0.15) is 0 Å². The van der Waals surface area contributed by atoms with Gasteiger partial charge < -0.3 is 7.80 Å². The van der Waals surface area contributed by atoms with Gasteiger partial charge in [-0.1, -0.05) is 0 Å². The van der Waals surface area contributed by atoms with Crippen LogP contribution in [0.3, 0.4) is 0 Å². The van der Waals surface area contributed by atoms with Crippen molar-refractivity contribution in [3.63, 3.8) is 0 Å². The number of methoxy groups -OCH3 is 1. The van der Waals surface area contributed by atoms with E-state index in [9.17, 15) is 9.59 Å². The molecule has 5 heteroatoms. The molecule has 4 bridgehead atoms. The Morgan fingerprint density at radius 3 is 2.48 bits per heavy atom. The zero-order valence-electron chi connectivity index (χ0n) is 12.2. The molecule has 21 heavy (non-hydrogen) atoms. The maximum absolute atomic E-state index is 12.1. The van der Waals surface area contributed by atoms with Gasteiger partial charge in [-0.05, 0) is 67.1 Å². The Morgan fingerprint density at radius 2 is 1.81 bits per heavy atom. The molecule has 0 aliphatic heterocycles. The molecule has 4 fully saturated rings. The lowest BCUT2D eigenvalue weighted by Crippen LogP contribution is -2.33. The SMILES string of the molecule is COC(=O)C1C2CCC1C1C3CC(CC3CC(=O)OI)C21. The summed E-state index contributed by atoms with van der Waals surface area (Å²) in [6.45, 7) is 0. The summed E-state index contributed by atoms with van der Waals surface area (Å²) in [6.07, 6.45) is 5.38. The van der Waals surface area contributed by atoms with Crippen LogP contribution in [0.5, 0.6) is 0 Å². The van der Waals surface area contributed by atoms with Crippen molar-refractivity contribution in [1.29, 1.82) is 0 Å². The molecule has 8 atom stereocenters. The van der Waals surface area contributed by atoms with Crippen LogP contribution in [0.1, 0.15) is 32.1 Å². The highest BCUT2D eigenvalue weighted by Gasteiger charge is 2.67. The van der Waals surface area contributed by atoms with Crippen molar-refractivity contribution < 1.29 is 17.4 Å². The topological polar surface area (TPSA) is 52.6 Å². The van der Waals surface area contributed by atoms with E-state index < -0.39 is 0 Å². The number of esters is 1. The second-order valence-electron chi connectivity index (χ2n) is 7.42. The number of hydrogen-bond donors (Lipinski definition) is 0. The van der Waals surface area contributed by atoms with Crippen molar-refractivity contribution in [2.24, 2.45) is 47.3 Å². The van der Waals surface area contributed by atoms with Crippen molar-refractivity contribution in [2.45, 2.75) is 32.1 Å². The van der Waals surface area contributed by atoms with Gasteiger partial charge in [-0.15, -0.1) is 0 Å². The number of carbonyl (C=O) groups is 2. The van der Waals surface area contributed by atoms with Crippen LogP contribution < -0.4 is 0 Å². The summed E-state index contributed by atoms with van der Waals surface area (Å²) in [7, 11) is 1.52. The first-order valence-corrected chi connectivity index (χ1v) is 8.93. The highest BCUT2D eigenvalue weighted by molar-refractivity contribution is 14.1. The molecule has 0 N–H and O–H groups in total. The fraction of sp³-hybridized carbons (Fsp3) is 0.875. The van der Waals surface area contributed by atoms with Crippen LogP contribution in [-0.4, -0.2) is 19.0 Å². The molecular formula is C16H21IO4. The molecule has 0 aromatic rings. The molecule has 4 aliphatic rings. The lowest BCUT2D eigenvalue weighted by molar-refractivity contribution is -0.147. The lowest BCUT2D eigenvalue weighted by Gasteiger charge is -2.38. The van der Waals surface area contributed by atoms with Crippen molar-refractivity contribution >= 4 is 34.9 Å². The molecule has 4 saturated carbocycles. The number of ether oxygens (including phenoxy) is 1. The van der Waals surface area contributed by atoms with E-state index in [2.05, 4.69) is 0 Å². The molecule has 0 saturated heterocycles. The van der Waals surface area contributed by atoms with E-state index in [1.165, 1.54) is 26.4 Å². The molecule has 0 heterocycles. The van der Waals surface area contributed by atoms with Crippen LogP contribution in [0.25, 0.3) is 0 Å². The molecule has 0 spiro atoms. The number of halogens is 1. The fourth-order valence-corrected chi connectivity index (χ4v) is 6.90. The molecule has 4 rings (SSSR count). The van der Waals surface area contributed by atoms with Gasteiger partial charge in [-0.3, -0.25) is 9.59 Å². The zero-order valence-corrected chi connectivity index (χ0v) is 14.3. The largest absolute Gasteiger partial charge is 0.469 e. The van der Waals surface area contributed by atoms with Crippen LogP contribution in [0.4, 0.5) is 0 Å². The van der Waals surface area contributed by atoms with Crippen molar-refractivity contribution in [1.82, 2.24) is 0 Å². The molecule has 0 aromatic heterocycles. The summed E-state index contributed by atoms with van der Waals surface area (Å²) in [6, 6.07) is 0. The minimum Gasteiger partial charge on any atom is -0.469 e. The summed E-state index contributed by atoms with van der Waals surface area (Å²) in [5.41, 5.74) is 0. The van der Waals surface area contributed by atoms with Gasteiger partial charge in [0.25, 0.3) is 0 Å². The van der Waals surface area contributed by atoms with Crippen LogP contribution in [0.2, 0.25) is 0 Å². The molecule has 0 amide bonds. The average molecular weight is 404 g/mol. The monoisotopic (exact) mass is 404 g/mol. The Kier molecular flexibility index (Phi) is 3.47. The van der Waals surface area contributed by atoms with Crippen molar-refractivity contribution in [2.75, 3.05) is 7.11 Å². The highest BCUT2D eigenvalue weighted by atomic mass is 127. The maximum atomic E-state index is 12.1. The van der Waals surface area contributed by atoms with Crippen LogP contribution in [0, 0.1) is 47.3 Å². The summed E-state index contributed by atoms with van der Waals surface area (Å²) in [5, 5.41) is 0. The first-order chi connectivity index (χ1) is 10.2. The number of carbonyl (C=O) groups excluding carboxylic acids is 2. The zero-order chi connectivity index (χ0) is 14.7. The summed E-state index contributed by atoms with van der Waals surface area (Å²) in [5.74, 6) is 4.38. The number of fused-ring (bicyclic) bond motifs is 9. The predicted octanol–water partition coefficient (Wildman–Crippen LogP) is 2.99. The molecule has 8 unspecified atom stereocenters.